The summed E-state index contributed by atoms with van der Waals surface area (Å²) in [4.78, 5) is 28.4. The number of rotatable bonds is 4. The molecule has 0 spiro atoms. The summed E-state index contributed by atoms with van der Waals surface area (Å²) in [6, 6.07) is 6.94. The van der Waals surface area contributed by atoms with Gasteiger partial charge in [0, 0.05) is 25.1 Å². The van der Waals surface area contributed by atoms with Crippen LogP contribution in [0.4, 0.5) is 0 Å². The van der Waals surface area contributed by atoms with Gasteiger partial charge in [-0.3, -0.25) is 14.6 Å². The molecule has 0 saturated heterocycles. The van der Waals surface area contributed by atoms with E-state index in [9.17, 15) is 9.59 Å². The highest BCUT2D eigenvalue weighted by Gasteiger charge is 2.17. The Bertz CT molecular complexity index is 692. The highest BCUT2D eigenvalue weighted by Crippen LogP contribution is 2.15. The number of pyridine rings is 2. The minimum absolute atomic E-state index is 0.133. The molecule has 5 nitrogen and oxygen atoms in total. The van der Waals surface area contributed by atoms with E-state index in [0.29, 0.717) is 0 Å². The van der Waals surface area contributed by atoms with Crippen LogP contribution in [0.3, 0.4) is 0 Å². The molecule has 1 N–H and O–H groups in total. The van der Waals surface area contributed by atoms with E-state index in [2.05, 4.69) is 10.3 Å². The van der Waals surface area contributed by atoms with E-state index < -0.39 is 0 Å². The number of nitrogens with zero attached hydrogens (tertiary/aromatic N) is 2. The molecule has 2 aromatic rings. The molecule has 0 aliphatic rings. The van der Waals surface area contributed by atoms with E-state index in [1.807, 2.05) is 26.0 Å². The summed E-state index contributed by atoms with van der Waals surface area (Å²) in [7, 11) is 1.66. The number of hydrogen-bond acceptors (Lipinski definition) is 3. The number of amides is 1. The maximum atomic E-state index is 12.3. The third-order valence-corrected chi connectivity index (χ3v) is 3.62. The Labute approximate surface area is 123 Å². The van der Waals surface area contributed by atoms with E-state index in [4.69, 9.17) is 0 Å². The average Bonchev–Trinajstić information content (AvgIpc) is 2.51. The average molecular weight is 285 g/mol. The van der Waals surface area contributed by atoms with Gasteiger partial charge in [0.1, 0.15) is 5.56 Å². The molecule has 21 heavy (non-hydrogen) atoms. The van der Waals surface area contributed by atoms with Crippen LogP contribution < -0.4 is 10.9 Å². The smallest absolute Gasteiger partial charge is 0.263 e. The first-order chi connectivity index (χ1) is 10.0. The number of hydrogen-bond donors (Lipinski definition) is 1. The molecular formula is C16H19N3O2. The Morgan fingerprint density at radius 2 is 1.95 bits per heavy atom. The monoisotopic (exact) mass is 285 g/mol. The lowest BCUT2D eigenvalue weighted by molar-refractivity contribution is 0.0933. The molecule has 1 amide bonds. The first-order valence-electron chi connectivity index (χ1n) is 6.92. The fraction of sp³-hybridized carbons (Fsp3) is 0.312. The molecular weight excluding hydrogens is 266 g/mol. The molecule has 0 aliphatic carbocycles. The minimum Gasteiger partial charge on any atom is -0.345 e. The quantitative estimate of drug-likeness (QED) is 0.934. The maximum absolute atomic E-state index is 12.3. The third-order valence-electron chi connectivity index (χ3n) is 3.62. The molecule has 0 saturated carbocycles. The predicted molar refractivity (Wildman–Crippen MR) is 81.2 cm³/mol. The van der Waals surface area contributed by atoms with Crippen molar-refractivity contribution in [2.75, 3.05) is 0 Å². The number of aromatic nitrogens is 2. The van der Waals surface area contributed by atoms with Gasteiger partial charge in [0.2, 0.25) is 0 Å². The van der Waals surface area contributed by atoms with Crippen LogP contribution in [-0.4, -0.2) is 15.5 Å². The van der Waals surface area contributed by atoms with Crippen LogP contribution in [0.15, 0.2) is 41.5 Å². The first-order valence-corrected chi connectivity index (χ1v) is 6.92. The summed E-state index contributed by atoms with van der Waals surface area (Å²) in [5.41, 5.74) is 1.68. The van der Waals surface area contributed by atoms with Gasteiger partial charge in [0.05, 0.1) is 6.04 Å². The second-order valence-electron chi connectivity index (χ2n) is 4.97. The zero-order chi connectivity index (χ0) is 15.4. The molecule has 0 bridgehead atoms. The molecule has 1 atom stereocenters. The zero-order valence-electron chi connectivity index (χ0n) is 12.5. The van der Waals surface area contributed by atoms with Crippen molar-refractivity contribution in [1.29, 1.82) is 0 Å². The van der Waals surface area contributed by atoms with Crippen molar-refractivity contribution in [1.82, 2.24) is 14.9 Å². The lowest BCUT2D eigenvalue weighted by atomic mass is 10.1. The van der Waals surface area contributed by atoms with Crippen molar-refractivity contribution < 1.29 is 4.79 Å². The fourth-order valence-corrected chi connectivity index (χ4v) is 2.15. The molecule has 2 heterocycles. The topological polar surface area (TPSA) is 64.0 Å². The summed E-state index contributed by atoms with van der Waals surface area (Å²) in [5.74, 6) is -0.348. The molecule has 0 radical (unpaired) electrons. The molecule has 0 fully saturated rings. The van der Waals surface area contributed by atoms with Gasteiger partial charge in [-0.15, -0.1) is 0 Å². The highest BCUT2D eigenvalue weighted by molar-refractivity contribution is 5.94. The van der Waals surface area contributed by atoms with Gasteiger partial charge in [-0.1, -0.05) is 6.92 Å². The van der Waals surface area contributed by atoms with Crippen LogP contribution in [0.5, 0.6) is 0 Å². The SMILES string of the molecule is CC[C@@H](NC(=O)c1ccc(C)n(C)c1=O)c1ccncc1. The van der Waals surface area contributed by atoms with Crippen LogP contribution in [0.1, 0.15) is 41.0 Å². The van der Waals surface area contributed by atoms with Crippen molar-refractivity contribution in [3.8, 4) is 0 Å². The second-order valence-corrected chi connectivity index (χ2v) is 4.97. The van der Waals surface area contributed by atoms with E-state index in [-0.39, 0.29) is 23.1 Å². The van der Waals surface area contributed by atoms with Crippen molar-refractivity contribution >= 4 is 5.91 Å². The van der Waals surface area contributed by atoms with Crippen LogP contribution >= 0.6 is 0 Å². The van der Waals surface area contributed by atoms with Crippen molar-refractivity contribution in [3.05, 3.63) is 63.8 Å². The third kappa shape index (κ3) is 3.18. The molecule has 2 aromatic heterocycles. The Hall–Kier alpha value is -2.43. The Morgan fingerprint density at radius 3 is 2.57 bits per heavy atom. The van der Waals surface area contributed by atoms with Gasteiger partial charge in [0.25, 0.3) is 11.5 Å². The Kier molecular flexibility index (Phi) is 4.52. The first kappa shape index (κ1) is 15.0. The number of carbonyl (C=O) groups excluding carboxylic acids is 1. The zero-order valence-corrected chi connectivity index (χ0v) is 12.5. The van der Waals surface area contributed by atoms with E-state index in [1.54, 1.807) is 31.6 Å². The number of nitrogens with one attached hydrogen (secondary N) is 1. The van der Waals surface area contributed by atoms with Gasteiger partial charge in [-0.05, 0) is 43.2 Å². The van der Waals surface area contributed by atoms with Crippen molar-refractivity contribution in [2.45, 2.75) is 26.3 Å². The van der Waals surface area contributed by atoms with Crippen LogP contribution in [-0.2, 0) is 7.05 Å². The molecule has 0 aromatic carbocycles. The van der Waals surface area contributed by atoms with Crippen molar-refractivity contribution in [3.63, 3.8) is 0 Å². The standard InChI is InChI=1S/C16H19N3O2/c1-4-14(12-7-9-17-10-8-12)18-15(20)13-6-5-11(2)19(3)16(13)21/h5-10,14H,4H2,1-3H3,(H,18,20)/t14-/m1/s1. The lowest BCUT2D eigenvalue weighted by Gasteiger charge is -2.17. The summed E-state index contributed by atoms with van der Waals surface area (Å²) >= 11 is 0. The predicted octanol–water partition coefficient (Wildman–Crippen LogP) is 1.97. The van der Waals surface area contributed by atoms with Gasteiger partial charge < -0.3 is 9.88 Å². The van der Waals surface area contributed by atoms with Crippen LogP contribution in [0, 0.1) is 6.92 Å². The number of aryl methyl sites for hydroxylation is 1. The maximum Gasteiger partial charge on any atom is 0.263 e. The molecule has 5 heteroatoms. The van der Waals surface area contributed by atoms with Gasteiger partial charge in [-0.25, -0.2) is 0 Å². The molecule has 110 valence electrons. The van der Waals surface area contributed by atoms with Gasteiger partial charge in [0.15, 0.2) is 0 Å². The molecule has 2 rings (SSSR count). The summed E-state index contributed by atoms with van der Waals surface area (Å²) in [6.07, 6.45) is 4.12. The fourth-order valence-electron chi connectivity index (χ4n) is 2.15. The Morgan fingerprint density at radius 1 is 1.29 bits per heavy atom. The normalized spacial score (nSPS) is 12.0. The number of carbonyl (C=O) groups is 1. The second kappa shape index (κ2) is 6.35. The summed E-state index contributed by atoms with van der Waals surface area (Å²) in [5, 5.41) is 2.91. The van der Waals surface area contributed by atoms with Gasteiger partial charge in [-0.2, -0.15) is 0 Å². The van der Waals surface area contributed by atoms with Crippen LogP contribution in [0.2, 0.25) is 0 Å². The minimum atomic E-state index is -0.348. The largest absolute Gasteiger partial charge is 0.345 e. The lowest BCUT2D eigenvalue weighted by Crippen LogP contribution is -2.34. The van der Waals surface area contributed by atoms with E-state index in [1.165, 1.54) is 4.57 Å². The molecule has 0 unspecified atom stereocenters. The summed E-state index contributed by atoms with van der Waals surface area (Å²) in [6.45, 7) is 3.81. The van der Waals surface area contributed by atoms with Crippen LogP contribution in [0.25, 0.3) is 0 Å². The summed E-state index contributed by atoms with van der Waals surface area (Å²) < 4.78 is 1.47. The van der Waals surface area contributed by atoms with E-state index >= 15 is 0 Å². The Balaban J connectivity index is 2.25. The van der Waals surface area contributed by atoms with Crippen molar-refractivity contribution in [2.24, 2.45) is 7.05 Å². The molecule has 0 aliphatic heterocycles. The highest BCUT2D eigenvalue weighted by atomic mass is 16.2. The van der Waals surface area contributed by atoms with E-state index in [0.717, 1.165) is 17.7 Å². The van der Waals surface area contributed by atoms with Gasteiger partial charge >= 0.3 is 0 Å².